The summed E-state index contributed by atoms with van der Waals surface area (Å²) >= 11 is 0. The number of carbonyl (C=O) groups excluding carboxylic acids is 2. The smallest absolute Gasteiger partial charge is 0.251 e. The predicted octanol–water partition coefficient (Wildman–Crippen LogP) is 4.31. The van der Waals surface area contributed by atoms with Crippen LogP contribution in [0, 0.1) is 13.8 Å². The second-order valence-electron chi connectivity index (χ2n) is 6.99. The first kappa shape index (κ1) is 18.2. The van der Waals surface area contributed by atoms with Crippen molar-refractivity contribution in [3.63, 3.8) is 0 Å². The minimum absolute atomic E-state index is 0.0276. The molecule has 1 atom stereocenters. The van der Waals surface area contributed by atoms with E-state index in [9.17, 15) is 9.59 Å². The van der Waals surface area contributed by atoms with Gasteiger partial charge < -0.3 is 10.2 Å². The summed E-state index contributed by atoms with van der Waals surface area (Å²) in [7, 11) is 0. The van der Waals surface area contributed by atoms with Crippen molar-refractivity contribution < 1.29 is 9.59 Å². The molecule has 1 heterocycles. The van der Waals surface area contributed by atoms with Crippen molar-refractivity contribution in [2.24, 2.45) is 0 Å². The first-order chi connectivity index (χ1) is 12.5. The average Bonchev–Trinajstić information content (AvgIpc) is 3.06. The monoisotopic (exact) mass is 350 g/mol. The Morgan fingerprint density at radius 3 is 2.65 bits per heavy atom. The molecule has 4 heteroatoms. The van der Waals surface area contributed by atoms with Gasteiger partial charge in [-0.15, -0.1) is 0 Å². The molecule has 0 spiro atoms. The molecule has 0 radical (unpaired) electrons. The summed E-state index contributed by atoms with van der Waals surface area (Å²) in [5.41, 5.74) is 4.95. The van der Waals surface area contributed by atoms with Gasteiger partial charge in [-0.3, -0.25) is 9.59 Å². The van der Waals surface area contributed by atoms with E-state index in [1.54, 1.807) is 11.0 Å². The Balaban J connectivity index is 1.79. The maximum Gasteiger partial charge on any atom is 0.251 e. The van der Waals surface area contributed by atoms with Gasteiger partial charge in [0.05, 0.1) is 6.04 Å². The minimum Gasteiger partial charge on any atom is -0.345 e. The third-order valence-electron chi connectivity index (χ3n) is 5.01. The van der Waals surface area contributed by atoms with Crippen LogP contribution in [0.4, 0.5) is 5.69 Å². The molecule has 0 aromatic heterocycles. The maximum absolute atomic E-state index is 12.8. The number of amides is 2. The Hall–Kier alpha value is -2.62. The van der Waals surface area contributed by atoms with E-state index in [0.717, 1.165) is 30.6 Å². The van der Waals surface area contributed by atoms with Crippen LogP contribution in [0.5, 0.6) is 0 Å². The normalized spacial score (nSPS) is 15.2. The summed E-state index contributed by atoms with van der Waals surface area (Å²) in [4.78, 5) is 26.5. The number of hydrogen-bond acceptors (Lipinski definition) is 2. The summed E-state index contributed by atoms with van der Waals surface area (Å²) in [6.45, 7) is 6.95. The average molecular weight is 350 g/mol. The van der Waals surface area contributed by atoms with Gasteiger partial charge in [0.1, 0.15) is 0 Å². The van der Waals surface area contributed by atoms with Crippen LogP contribution in [-0.2, 0) is 4.79 Å². The number of nitrogens with one attached hydrogen (secondary N) is 1. The van der Waals surface area contributed by atoms with E-state index in [0.29, 0.717) is 12.0 Å². The van der Waals surface area contributed by atoms with Gasteiger partial charge >= 0.3 is 0 Å². The summed E-state index contributed by atoms with van der Waals surface area (Å²) in [5.74, 6) is 0.0228. The zero-order valence-corrected chi connectivity index (χ0v) is 15.7. The van der Waals surface area contributed by atoms with Crippen molar-refractivity contribution in [1.29, 1.82) is 0 Å². The van der Waals surface area contributed by atoms with Crippen molar-refractivity contribution in [2.75, 3.05) is 11.4 Å². The summed E-state index contributed by atoms with van der Waals surface area (Å²) in [6.07, 6.45) is 2.28. The molecule has 1 fully saturated rings. The van der Waals surface area contributed by atoms with E-state index in [4.69, 9.17) is 0 Å². The van der Waals surface area contributed by atoms with Gasteiger partial charge in [-0.05, 0) is 56.0 Å². The molecule has 2 aromatic rings. The standard InChI is InChI=1S/C22H26N2O2/c1-4-20(19-11-10-15(2)13-16(19)3)23-22(26)17-7-5-8-18(14-17)24-12-6-9-21(24)25/h5,7-8,10-11,13-14,20H,4,6,9,12H2,1-3H3,(H,23,26)/t20-/m1/s1. The van der Waals surface area contributed by atoms with Crippen LogP contribution in [0.25, 0.3) is 0 Å². The quantitative estimate of drug-likeness (QED) is 0.873. The summed E-state index contributed by atoms with van der Waals surface area (Å²) in [5, 5.41) is 3.15. The van der Waals surface area contributed by atoms with Gasteiger partial charge in [-0.1, -0.05) is 36.8 Å². The number of aryl methyl sites for hydroxylation is 2. The van der Waals surface area contributed by atoms with E-state index in [1.165, 1.54) is 11.1 Å². The largest absolute Gasteiger partial charge is 0.345 e. The van der Waals surface area contributed by atoms with Crippen LogP contribution >= 0.6 is 0 Å². The van der Waals surface area contributed by atoms with Crippen LogP contribution < -0.4 is 10.2 Å². The zero-order chi connectivity index (χ0) is 18.7. The molecule has 0 bridgehead atoms. The highest BCUT2D eigenvalue weighted by Gasteiger charge is 2.23. The number of nitrogens with zero attached hydrogens (tertiary/aromatic N) is 1. The number of anilines is 1. The SMILES string of the molecule is CC[C@@H](NC(=O)c1cccc(N2CCCC2=O)c1)c1ccc(C)cc1C. The van der Waals surface area contributed by atoms with Crippen LogP contribution in [0.1, 0.15) is 59.3 Å². The highest BCUT2D eigenvalue weighted by atomic mass is 16.2. The van der Waals surface area contributed by atoms with Crippen LogP contribution in [0.2, 0.25) is 0 Å². The van der Waals surface area contributed by atoms with Gasteiger partial charge in [-0.2, -0.15) is 0 Å². The van der Waals surface area contributed by atoms with Crippen molar-refractivity contribution in [3.05, 3.63) is 64.7 Å². The lowest BCUT2D eigenvalue weighted by molar-refractivity contribution is -0.117. The predicted molar refractivity (Wildman–Crippen MR) is 104 cm³/mol. The number of hydrogen-bond donors (Lipinski definition) is 1. The second-order valence-corrected chi connectivity index (χ2v) is 6.99. The van der Waals surface area contributed by atoms with Gasteiger partial charge in [0.25, 0.3) is 5.91 Å². The highest BCUT2D eigenvalue weighted by molar-refractivity contribution is 5.99. The van der Waals surface area contributed by atoms with E-state index >= 15 is 0 Å². The van der Waals surface area contributed by atoms with Gasteiger partial charge in [0, 0.05) is 24.2 Å². The first-order valence-corrected chi connectivity index (χ1v) is 9.28. The molecule has 1 aliphatic rings. The second kappa shape index (κ2) is 7.73. The third-order valence-corrected chi connectivity index (χ3v) is 5.01. The van der Waals surface area contributed by atoms with Crippen molar-refractivity contribution in [1.82, 2.24) is 5.32 Å². The Morgan fingerprint density at radius 1 is 1.19 bits per heavy atom. The van der Waals surface area contributed by atoms with E-state index in [1.807, 2.05) is 18.2 Å². The van der Waals surface area contributed by atoms with Gasteiger partial charge in [0.2, 0.25) is 5.91 Å². The number of benzene rings is 2. The highest BCUT2D eigenvalue weighted by Crippen LogP contribution is 2.24. The molecule has 4 nitrogen and oxygen atoms in total. The Morgan fingerprint density at radius 2 is 2.00 bits per heavy atom. The zero-order valence-electron chi connectivity index (χ0n) is 15.7. The molecule has 26 heavy (non-hydrogen) atoms. The van der Waals surface area contributed by atoms with Crippen molar-refractivity contribution in [2.45, 2.75) is 46.1 Å². The molecule has 1 aliphatic heterocycles. The fourth-order valence-electron chi connectivity index (χ4n) is 3.59. The lowest BCUT2D eigenvalue weighted by atomic mass is 9.97. The topological polar surface area (TPSA) is 49.4 Å². The van der Waals surface area contributed by atoms with Gasteiger partial charge in [0.15, 0.2) is 0 Å². The van der Waals surface area contributed by atoms with E-state index in [2.05, 4.69) is 44.3 Å². The molecular formula is C22H26N2O2. The minimum atomic E-state index is -0.106. The maximum atomic E-state index is 12.8. The molecule has 0 aliphatic carbocycles. The molecule has 0 unspecified atom stereocenters. The lowest BCUT2D eigenvalue weighted by Gasteiger charge is -2.21. The van der Waals surface area contributed by atoms with Crippen LogP contribution in [0.3, 0.4) is 0 Å². The Bertz CT molecular complexity index is 829. The molecule has 2 aromatic carbocycles. The molecule has 1 N–H and O–H groups in total. The molecule has 1 saturated heterocycles. The Labute approximate surface area is 155 Å². The first-order valence-electron chi connectivity index (χ1n) is 9.28. The van der Waals surface area contributed by atoms with E-state index in [-0.39, 0.29) is 17.9 Å². The van der Waals surface area contributed by atoms with Crippen molar-refractivity contribution in [3.8, 4) is 0 Å². The van der Waals surface area contributed by atoms with E-state index < -0.39 is 0 Å². The molecule has 2 amide bonds. The fraction of sp³-hybridized carbons (Fsp3) is 0.364. The van der Waals surface area contributed by atoms with Crippen LogP contribution in [-0.4, -0.2) is 18.4 Å². The number of carbonyl (C=O) groups is 2. The lowest BCUT2D eigenvalue weighted by Crippen LogP contribution is -2.29. The fourth-order valence-corrected chi connectivity index (χ4v) is 3.59. The number of rotatable bonds is 5. The molecule has 3 rings (SSSR count). The summed E-state index contributed by atoms with van der Waals surface area (Å²) < 4.78 is 0. The van der Waals surface area contributed by atoms with Crippen LogP contribution in [0.15, 0.2) is 42.5 Å². The van der Waals surface area contributed by atoms with Crippen molar-refractivity contribution >= 4 is 17.5 Å². The molecule has 0 saturated carbocycles. The Kier molecular flexibility index (Phi) is 5.40. The van der Waals surface area contributed by atoms with Gasteiger partial charge in [-0.25, -0.2) is 0 Å². The third kappa shape index (κ3) is 3.79. The molecule has 136 valence electrons. The molecular weight excluding hydrogens is 324 g/mol. The summed E-state index contributed by atoms with van der Waals surface area (Å²) in [6, 6.07) is 13.6.